The zero-order valence-electron chi connectivity index (χ0n) is 9.57. The lowest BCUT2D eigenvalue weighted by Crippen LogP contribution is -2.04. The lowest BCUT2D eigenvalue weighted by molar-refractivity contribution is 0.451. The van der Waals surface area contributed by atoms with Gasteiger partial charge in [-0.2, -0.15) is 0 Å². The Bertz CT molecular complexity index is 654. The first-order chi connectivity index (χ1) is 8.74. The molecule has 2 N–H and O–H groups in total. The maximum absolute atomic E-state index is 5.60. The SMILES string of the molecule is Cc1c(N)nnn1Cc1nnc(-c2ccco2)o1. The lowest BCUT2D eigenvalue weighted by Gasteiger charge is -1.97. The summed E-state index contributed by atoms with van der Waals surface area (Å²) in [6.07, 6.45) is 1.54. The van der Waals surface area contributed by atoms with Gasteiger partial charge < -0.3 is 14.6 Å². The second kappa shape index (κ2) is 3.99. The number of nitrogens with zero attached hydrogens (tertiary/aromatic N) is 5. The Balaban J connectivity index is 1.84. The van der Waals surface area contributed by atoms with Crippen LogP contribution in [0.3, 0.4) is 0 Å². The van der Waals surface area contributed by atoms with Crippen molar-refractivity contribution in [1.82, 2.24) is 25.2 Å². The van der Waals surface area contributed by atoms with Gasteiger partial charge in [-0.15, -0.1) is 15.3 Å². The molecule has 0 radical (unpaired) electrons. The fourth-order valence-electron chi connectivity index (χ4n) is 1.47. The minimum absolute atomic E-state index is 0.323. The van der Waals surface area contributed by atoms with Crippen LogP contribution in [0.15, 0.2) is 27.2 Å². The zero-order valence-corrected chi connectivity index (χ0v) is 9.57. The van der Waals surface area contributed by atoms with Crippen molar-refractivity contribution in [2.75, 3.05) is 5.73 Å². The zero-order chi connectivity index (χ0) is 12.5. The van der Waals surface area contributed by atoms with Gasteiger partial charge in [-0.1, -0.05) is 5.21 Å². The van der Waals surface area contributed by atoms with E-state index in [1.165, 1.54) is 0 Å². The lowest BCUT2D eigenvalue weighted by atomic mass is 10.4. The summed E-state index contributed by atoms with van der Waals surface area (Å²) in [6, 6.07) is 3.50. The Hall–Kier alpha value is -2.64. The highest BCUT2D eigenvalue weighted by atomic mass is 16.4. The summed E-state index contributed by atoms with van der Waals surface area (Å²) < 4.78 is 12.2. The van der Waals surface area contributed by atoms with Crippen molar-refractivity contribution in [1.29, 1.82) is 0 Å². The van der Waals surface area contributed by atoms with Crippen LogP contribution in [-0.4, -0.2) is 25.2 Å². The maximum atomic E-state index is 5.60. The molecule has 3 aromatic rings. The minimum atomic E-state index is 0.323. The average molecular weight is 246 g/mol. The largest absolute Gasteiger partial charge is 0.459 e. The summed E-state index contributed by atoms with van der Waals surface area (Å²) >= 11 is 0. The first-order valence-electron chi connectivity index (χ1n) is 5.26. The van der Waals surface area contributed by atoms with Crippen LogP contribution in [0.25, 0.3) is 11.7 Å². The molecule has 0 spiro atoms. The molecule has 0 aliphatic carbocycles. The highest BCUT2D eigenvalue weighted by Crippen LogP contribution is 2.18. The van der Waals surface area contributed by atoms with E-state index in [4.69, 9.17) is 14.6 Å². The third kappa shape index (κ3) is 1.73. The van der Waals surface area contributed by atoms with Gasteiger partial charge in [0.25, 0.3) is 5.89 Å². The Labute approximate surface area is 101 Å². The van der Waals surface area contributed by atoms with Crippen molar-refractivity contribution in [2.24, 2.45) is 0 Å². The number of aromatic nitrogens is 5. The topological polar surface area (TPSA) is 109 Å². The van der Waals surface area contributed by atoms with Gasteiger partial charge in [0, 0.05) is 0 Å². The van der Waals surface area contributed by atoms with E-state index in [-0.39, 0.29) is 0 Å². The van der Waals surface area contributed by atoms with E-state index in [9.17, 15) is 0 Å². The summed E-state index contributed by atoms with van der Waals surface area (Å²) in [5.74, 6) is 1.67. The molecule has 18 heavy (non-hydrogen) atoms. The molecule has 0 aliphatic heterocycles. The Morgan fingerprint density at radius 1 is 1.33 bits per heavy atom. The molecular formula is C10H10N6O2. The summed E-state index contributed by atoms with van der Waals surface area (Å²) in [5.41, 5.74) is 6.36. The minimum Gasteiger partial charge on any atom is -0.459 e. The molecule has 3 heterocycles. The molecule has 0 fully saturated rings. The predicted octanol–water partition coefficient (Wildman–Crippen LogP) is 0.860. The standard InChI is InChI=1S/C10H10N6O2/c1-6-9(11)13-15-16(6)5-8-12-14-10(18-8)7-3-2-4-17-7/h2-4H,5,11H2,1H3. The molecule has 0 aliphatic rings. The average Bonchev–Trinajstić information content (AvgIpc) is 3.06. The number of nitrogen functional groups attached to an aromatic ring is 1. The van der Waals surface area contributed by atoms with Gasteiger partial charge in [0.1, 0.15) is 6.54 Å². The van der Waals surface area contributed by atoms with Crippen LogP contribution in [0.1, 0.15) is 11.6 Å². The highest BCUT2D eigenvalue weighted by Gasteiger charge is 2.13. The van der Waals surface area contributed by atoms with Crippen molar-refractivity contribution in [3.63, 3.8) is 0 Å². The monoisotopic (exact) mass is 246 g/mol. The molecule has 3 rings (SSSR count). The summed E-state index contributed by atoms with van der Waals surface area (Å²) in [6.45, 7) is 2.14. The van der Waals surface area contributed by atoms with Gasteiger partial charge in [0.2, 0.25) is 5.89 Å². The maximum Gasteiger partial charge on any atom is 0.283 e. The van der Waals surface area contributed by atoms with Crippen molar-refractivity contribution in [3.8, 4) is 11.7 Å². The second-order valence-electron chi connectivity index (χ2n) is 3.70. The molecule has 92 valence electrons. The van der Waals surface area contributed by atoms with Crippen LogP contribution in [0.5, 0.6) is 0 Å². The van der Waals surface area contributed by atoms with Crippen molar-refractivity contribution in [2.45, 2.75) is 13.5 Å². The summed E-state index contributed by atoms with van der Waals surface area (Å²) in [5, 5.41) is 15.4. The van der Waals surface area contributed by atoms with Gasteiger partial charge in [-0.25, -0.2) is 4.68 Å². The quantitative estimate of drug-likeness (QED) is 0.729. The molecule has 0 saturated carbocycles. The first kappa shape index (κ1) is 10.5. The first-order valence-corrected chi connectivity index (χ1v) is 5.26. The molecule has 0 aromatic carbocycles. The van der Waals surface area contributed by atoms with Gasteiger partial charge >= 0.3 is 0 Å². The summed E-state index contributed by atoms with van der Waals surface area (Å²) in [7, 11) is 0. The molecule has 8 heteroatoms. The van der Waals surface area contributed by atoms with Crippen LogP contribution in [-0.2, 0) is 6.54 Å². The van der Waals surface area contributed by atoms with E-state index in [0.29, 0.717) is 29.9 Å². The van der Waals surface area contributed by atoms with E-state index >= 15 is 0 Å². The predicted molar refractivity (Wildman–Crippen MR) is 60.3 cm³/mol. The van der Waals surface area contributed by atoms with Crippen molar-refractivity contribution >= 4 is 5.82 Å². The third-order valence-corrected chi connectivity index (χ3v) is 2.50. The Morgan fingerprint density at radius 3 is 2.89 bits per heavy atom. The molecule has 3 aromatic heterocycles. The van der Waals surface area contributed by atoms with E-state index in [2.05, 4.69) is 20.5 Å². The number of furan rings is 1. The van der Waals surface area contributed by atoms with Crippen LogP contribution in [0.2, 0.25) is 0 Å². The Morgan fingerprint density at radius 2 is 2.22 bits per heavy atom. The van der Waals surface area contributed by atoms with Crippen molar-refractivity contribution in [3.05, 3.63) is 30.0 Å². The normalized spacial score (nSPS) is 10.9. The Kier molecular flexibility index (Phi) is 2.33. The van der Waals surface area contributed by atoms with E-state index < -0.39 is 0 Å². The molecule has 0 saturated heterocycles. The molecule has 0 amide bonds. The van der Waals surface area contributed by atoms with Gasteiger partial charge in [0.05, 0.1) is 12.0 Å². The number of anilines is 1. The van der Waals surface area contributed by atoms with Crippen molar-refractivity contribution < 1.29 is 8.83 Å². The number of nitrogens with two attached hydrogens (primary N) is 1. The third-order valence-electron chi connectivity index (χ3n) is 2.50. The molecule has 0 atom stereocenters. The van der Waals surface area contributed by atoms with Gasteiger partial charge in [-0.3, -0.25) is 0 Å². The number of hydrogen-bond acceptors (Lipinski definition) is 7. The van der Waals surface area contributed by atoms with E-state index in [0.717, 1.165) is 5.69 Å². The molecule has 0 bridgehead atoms. The van der Waals surface area contributed by atoms with Gasteiger partial charge in [-0.05, 0) is 19.1 Å². The fourth-order valence-corrected chi connectivity index (χ4v) is 1.47. The summed E-state index contributed by atoms with van der Waals surface area (Å²) in [4.78, 5) is 0. The number of rotatable bonds is 3. The van der Waals surface area contributed by atoms with Crippen LogP contribution >= 0.6 is 0 Å². The molecular weight excluding hydrogens is 236 g/mol. The van der Waals surface area contributed by atoms with E-state index in [1.54, 1.807) is 23.1 Å². The van der Waals surface area contributed by atoms with E-state index in [1.807, 2.05) is 6.92 Å². The van der Waals surface area contributed by atoms with Crippen LogP contribution in [0, 0.1) is 6.92 Å². The fraction of sp³-hybridized carbons (Fsp3) is 0.200. The van der Waals surface area contributed by atoms with Gasteiger partial charge in [0.15, 0.2) is 11.6 Å². The number of hydrogen-bond donors (Lipinski definition) is 1. The molecule has 0 unspecified atom stereocenters. The van der Waals surface area contributed by atoms with Crippen LogP contribution < -0.4 is 5.73 Å². The second-order valence-corrected chi connectivity index (χ2v) is 3.70. The smallest absolute Gasteiger partial charge is 0.283 e. The highest BCUT2D eigenvalue weighted by molar-refractivity contribution is 5.42. The van der Waals surface area contributed by atoms with Crippen LogP contribution in [0.4, 0.5) is 5.82 Å². The molecule has 8 nitrogen and oxygen atoms in total.